The third-order valence-electron chi connectivity index (χ3n) is 6.35. The number of aryl methyl sites for hydroxylation is 1. The predicted octanol–water partition coefficient (Wildman–Crippen LogP) is 4.04. The third kappa shape index (κ3) is 3.77. The van der Waals surface area contributed by atoms with Gasteiger partial charge in [-0.05, 0) is 44.2 Å². The molecule has 1 aliphatic heterocycles. The Labute approximate surface area is 188 Å². The average molecular weight is 423 g/mol. The van der Waals surface area contributed by atoms with Crippen molar-refractivity contribution in [3.05, 3.63) is 77.6 Å². The maximum Gasteiger partial charge on any atom is 0.160 e. The fourth-order valence-electron chi connectivity index (χ4n) is 4.55. The van der Waals surface area contributed by atoms with E-state index in [9.17, 15) is 5.26 Å². The molecule has 1 N–H and O–H groups in total. The third-order valence-corrected chi connectivity index (χ3v) is 6.35. The van der Waals surface area contributed by atoms with Gasteiger partial charge in [0.15, 0.2) is 5.65 Å². The lowest BCUT2D eigenvalue weighted by atomic mass is 9.96. The molecule has 32 heavy (non-hydrogen) atoms. The van der Waals surface area contributed by atoms with Crippen molar-refractivity contribution in [1.82, 2.24) is 24.8 Å². The highest BCUT2D eigenvalue weighted by molar-refractivity contribution is 5.84. The van der Waals surface area contributed by atoms with E-state index in [4.69, 9.17) is 0 Å². The first-order valence-electron chi connectivity index (χ1n) is 11.0. The van der Waals surface area contributed by atoms with Gasteiger partial charge in [0.05, 0.1) is 17.3 Å². The van der Waals surface area contributed by atoms with Gasteiger partial charge in [0.1, 0.15) is 6.33 Å². The van der Waals surface area contributed by atoms with E-state index in [1.165, 1.54) is 5.56 Å². The zero-order valence-corrected chi connectivity index (χ0v) is 18.4. The van der Waals surface area contributed by atoms with Crippen molar-refractivity contribution in [2.45, 2.75) is 25.9 Å². The summed E-state index contributed by atoms with van der Waals surface area (Å²) in [7, 11) is 2.03. The van der Waals surface area contributed by atoms with Crippen LogP contribution in [0.2, 0.25) is 0 Å². The number of nitrogens with zero attached hydrogens (tertiary/aromatic N) is 5. The van der Waals surface area contributed by atoms with Crippen LogP contribution < -0.4 is 5.32 Å². The highest BCUT2D eigenvalue weighted by Crippen LogP contribution is 2.35. The van der Waals surface area contributed by atoms with E-state index < -0.39 is 0 Å². The summed E-state index contributed by atoms with van der Waals surface area (Å²) in [5.74, 6) is 0. The van der Waals surface area contributed by atoms with Crippen molar-refractivity contribution in [1.29, 1.82) is 5.26 Å². The largest absolute Gasteiger partial charge is 0.316 e. The lowest BCUT2D eigenvalue weighted by molar-refractivity contribution is 0.323. The Bertz CT molecular complexity index is 1280. The van der Waals surface area contributed by atoms with Crippen LogP contribution in [0.4, 0.5) is 0 Å². The first kappa shape index (κ1) is 20.4. The van der Waals surface area contributed by atoms with Crippen LogP contribution in [0.1, 0.15) is 23.1 Å². The normalized spacial score (nSPS) is 16.5. The number of hydrogen-bond donors (Lipinski definition) is 1. The SMILES string of the molecule is CNC1CCN(Cc2cc(-c3ccc(C#N)cc3)c(-c3ccc(C)cc3)n3ncnc23)C1. The van der Waals surface area contributed by atoms with Crippen LogP contribution in [0.15, 0.2) is 60.9 Å². The molecule has 2 aromatic carbocycles. The second-order valence-corrected chi connectivity index (χ2v) is 8.49. The number of nitriles is 1. The number of benzene rings is 2. The number of hydrogen-bond acceptors (Lipinski definition) is 5. The van der Waals surface area contributed by atoms with Crippen molar-refractivity contribution in [2.24, 2.45) is 0 Å². The standard InChI is InChI=1S/C26H26N6/c1-18-3-7-21(8-4-18)25-24(20-9-5-19(14-27)6-10-20)13-22(26-29-17-30-32(25)26)15-31-12-11-23(16-31)28-2/h3-10,13,17,23,28H,11-12,15-16H2,1-2H3. The van der Waals surface area contributed by atoms with Crippen LogP contribution in [-0.4, -0.2) is 45.7 Å². The van der Waals surface area contributed by atoms with Gasteiger partial charge in [-0.1, -0.05) is 42.0 Å². The van der Waals surface area contributed by atoms with Crippen LogP contribution in [0.5, 0.6) is 0 Å². The number of likely N-dealkylation sites (tertiary alicyclic amines) is 1. The number of pyridine rings is 1. The Morgan fingerprint density at radius 2 is 1.84 bits per heavy atom. The molecule has 0 spiro atoms. The van der Waals surface area contributed by atoms with E-state index in [2.05, 4.69) is 63.6 Å². The molecule has 1 fully saturated rings. The molecule has 0 amide bonds. The Hall–Kier alpha value is -3.53. The molecule has 0 aliphatic carbocycles. The van der Waals surface area contributed by atoms with Gasteiger partial charge >= 0.3 is 0 Å². The van der Waals surface area contributed by atoms with E-state index in [-0.39, 0.29) is 0 Å². The summed E-state index contributed by atoms with van der Waals surface area (Å²) >= 11 is 0. The van der Waals surface area contributed by atoms with Gasteiger partial charge < -0.3 is 5.32 Å². The van der Waals surface area contributed by atoms with E-state index in [1.54, 1.807) is 6.33 Å². The van der Waals surface area contributed by atoms with Gasteiger partial charge in [-0.2, -0.15) is 10.4 Å². The summed E-state index contributed by atoms with van der Waals surface area (Å²) in [6.07, 6.45) is 2.79. The molecule has 6 nitrogen and oxygen atoms in total. The molecule has 0 saturated carbocycles. The van der Waals surface area contributed by atoms with Crippen molar-refractivity contribution < 1.29 is 0 Å². The molecule has 4 aromatic rings. The van der Waals surface area contributed by atoms with E-state index >= 15 is 0 Å². The Morgan fingerprint density at radius 1 is 1.09 bits per heavy atom. The van der Waals surface area contributed by atoms with Crippen molar-refractivity contribution in [2.75, 3.05) is 20.1 Å². The summed E-state index contributed by atoms with van der Waals surface area (Å²) < 4.78 is 1.97. The van der Waals surface area contributed by atoms with Crippen LogP contribution in [0.3, 0.4) is 0 Å². The number of rotatable bonds is 5. The molecular weight excluding hydrogens is 396 g/mol. The highest BCUT2D eigenvalue weighted by Gasteiger charge is 2.24. The quantitative estimate of drug-likeness (QED) is 0.526. The number of nitrogens with one attached hydrogen (secondary N) is 1. The van der Waals surface area contributed by atoms with Crippen molar-refractivity contribution in [3.63, 3.8) is 0 Å². The Morgan fingerprint density at radius 3 is 2.53 bits per heavy atom. The van der Waals surface area contributed by atoms with Gasteiger partial charge in [-0.15, -0.1) is 0 Å². The predicted molar refractivity (Wildman–Crippen MR) is 126 cm³/mol. The fraction of sp³-hybridized carbons (Fsp3) is 0.269. The number of fused-ring (bicyclic) bond motifs is 1. The van der Waals surface area contributed by atoms with Gasteiger partial charge in [0.25, 0.3) is 0 Å². The topological polar surface area (TPSA) is 69.2 Å². The maximum absolute atomic E-state index is 9.23. The van der Waals surface area contributed by atoms with E-state index in [0.29, 0.717) is 11.6 Å². The Kier molecular flexibility index (Phi) is 5.44. The summed E-state index contributed by atoms with van der Waals surface area (Å²) in [5.41, 5.74) is 8.19. The van der Waals surface area contributed by atoms with Gasteiger partial charge in [0, 0.05) is 42.4 Å². The van der Waals surface area contributed by atoms with Crippen LogP contribution >= 0.6 is 0 Å². The molecular formula is C26H26N6. The molecule has 2 aromatic heterocycles. The lowest BCUT2D eigenvalue weighted by Gasteiger charge is -2.19. The minimum absolute atomic E-state index is 0.536. The van der Waals surface area contributed by atoms with E-state index in [0.717, 1.165) is 59.7 Å². The monoisotopic (exact) mass is 422 g/mol. The average Bonchev–Trinajstić information content (AvgIpc) is 3.49. The minimum Gasteiger partial charge on any atom is -0.316 e. The second kappa shape index (κ2) is 8.54. The highest BCUT2D eigenvalue weighted by atomic mass is 15.3. The molecule has 6 heteroatoms. The van der Waals surface area contributed by atoms with Gasteiger partial charge in [-0.25, -0.2) is 9.50 Å². The van der Waals surface area contributed by atoms with Crippen LogP contribution in [0, 0.1) is 18.3 Å². The molecule has 5 rings (SSSR count). The van der Waals surface area contributed by atoms with Crippen LogP contribution in [0.25, 0.3) is 28.0 Å². The zero-order chi connectivity index (χ0) is 22.1. The lowest BCUT2D eigenvalue weighted by Crippen LogP contribution is -2.29. The van der Waals surface area contributed by atoms with Gasteiger partial charge in [-0.3, -0.25) is 4.90 Å². The van der Waals surface area contributed by atoms with E-state index in [1.807, 2.05) is 35.8 Å². The number of likely N-dealkylation sites (N-methyl/N-ethyl adjacent to an activating group) is 1. The smallest absolute Gasteiger partial charge is 0.160 e. The molecule has 1 aliphatic rings. The molecule has 0 bridgehead atoms. The second-order valence-electron chi connectivity index (χ2n) is 8.49. The summed E-state index contributed by atoms with van der Waals surface area (Å²) in [6, 6.07) is 21.3. The maximum atomic E-state index is 9.23. The minimum atomic E-state index is 0.536. The first-order valence-corrected chi connectivity index (χ1v) is 11.0. The molecule has 160 valence electrons. The fourth-order valence-corrected chi connectivity index (χ4v) is 4.55. The summed E-state index contributed by atoms with van der Waals surface area (Å²) in [6.45, 7) is 5.02. The molecule has 0 radical (unpaired) electrons. The number of aromatic nitrogens is 3. The Balaban J connectivity index is 1.68. The molecule has 1 unspecified atom stereocenters. The van der Waals surface area contributed by atoms with Crippen molar-refractivity contribution >= 4 is 5.65 Å². The molecule has 1 saturated heterocycles. The zero-order valence-electron chi connectivity index (χ0n) is 18.4. The molecule has 3 heterocycles. The first-order chi connectivity index (χ1) is 15.7. The van der Waals surface area contributed by atoms with Crippen LogP contribution in [-0.2, 0) is 6.54 Å². The molecule has 1 atom stereocenters. The van der Waals surface area contributed by atoms with Crippen molar-refractivity contribution in [3.8, 4) is 28.5 Å². The summed E-state index contributed by atoms with van der Waals surface area (Å²) in [4.78, 5) is 7.10. The van der Waals surface area contributed by atoms with Gasteiger partial charge in [0.2, 0.25) is 0 Å². The summed E-state index contributed by atoms with van der Waals surface area (Å²) in [5, 5.41) is 17.3.